The minimum Gasteiger partial charge on any atom is -0.247 e. The van der Waals surface area contributed by atoms with E-state index < -0.39 is 33.6 Å². The van der Waals surface area contributed by atoms with E-state index in [4.69, 9.17) is 0 Å². The molecule has 1 rings (SSSR count). The van der Waals surface area contributed by atoms with Gasteiger partial charge in [-0.25, -0.2) is 4.21 Å². The maximum atomic E-state index is 13.9. The second kappa shape index (κ2) is 5.86. The highest BCUT2D eigenvalue weighted by Gasteiger charge is 2.40. The van der Waals surface area contributed by atoms with Crippen LogP contribution in [-0.4, -0.2) is 10.4 Å². The molecule has 1 unspecified atom stereocenters. The Morgan fingerprint density at radius 3 is 2.00 bits per heavy atom. The molecule has 6 heteroatoms. The van der Waals surface area contributed by atoms with Crippen molar-refractivity contribution in [2.75, 3.05) is 0 Å². The Labute approximate surface area is 111 Å². The summed E-state index contributed by atoms with van der Waals surface area (Å²) in [7, 11) is -2.44. The normalized spacial score (nSPS) is 15.4. The molecular formula is C13H14F4OS. The molecule has 106 valence electrons. The monoisotopic (exact) mass is 294 g/mol. The number of halogens is 4. The predicted octanol–water partition coefficient (Wildman–Crippen LogP) is 4.50. The lowest BCUT2D eigenvalue weighted by Crippen LogP contribution is -2.19. The lowest BCUT2D eigenvalue weighted by atomic mass is 10.1. The number of aryl methyl sites for hydroxylation is 1. The minimum absolute atomic E-state index is 0.0190. The molecule has 0 aromatic heterocycles. The SMILES string of the molecule is Cc1ccc(S(=O)/C(F)=C(\C(C)C)C(F)(F)F)cc1. The van der Waals surface area contributed by atoms with Gasteiger partial charge in [0, 0.05) is 4.90 Å². The molecule has 1 atom stereocenters. The van der Waals surface area contributed by atoms with Gasteiger partial charge in [0.15, 0.2) is 5.16 Å². The Hall–Kier alpha value is -1.17. The fourth-order valence-corrected chi connectivity index (χ4v) is 2.67. The number of rotatable bonds is 3. The van der Waals surface area contributed by atoms with Gasteiger partial charge < -0.3 is 0 Å². The van der Waals surface area contributed by atoms with E-state index in [9.17, 15) is 21.8 Å². The van der Waals surface area contributed by atoms with E-state index in [-0.39, 0.29) is 4.90 Å². The predicted molar refractivity (Wildman–Crippen MR) is 66.6 cm³/mol. The van der Waals surface area contributed by atoms with Gasteiger partial charge in [0.05, 0.1) is 5.57 Å². The van der Waals surface area contributed by atoms with Crippen molar-refractivity contribution in [1.82, 2.24) is 0 Å². The van der Waals surface area contributed by atoms with E-state index in [0.29, 0.717) is 0 Å². The molecule has 1 aromatic rings. The van der Waals surface area contributed by atoms with Crippen molar-refractivity contribution in [2.45, 2.75) is 31.8 Å². The fraction of sp³-hybridized carbons (Fsp3) is 0.385. The van der Waals surface area contributed by atoms with E-state index in [2.05, 4.69) is 0 Å². The van der Waals surface area contributed by atoms with Crippen LogP contribution in [0.4, 0.5) is 17.6 Å². The molecule has 0 aliphatic heterocycles. The number of benzene rings is 1. The highest BCUT2D eigenvalue weighted by molar-refractivity contribution is 7.88. The first kappa shape index (κ1) is 15.9. The van der Waals surface area contributed by atoms with Crippen LogP contribution in [-0.2, 0) is 10.8 Å². The molecule has 1 aromatic carbocycles. The third kappa shape index (κ3) is 3.89. The van der Waals surface area contributed by atoms with Gasteiger partial charge in [0.25, 0.3) is 0 Å². The summed E-state index contributed by atoms with van der Waals surface area (Å²) in [4.78, 5) is 0.0190. The van der Waals surface area contributed by atoms with Gasteiger partial charge in [-0.1, -0.05) is 31.5 Å². The molecule has 0 N–H and O–H groups in total. The molecule has 0 saturated heterocycles. The molecule has 0 radical (unpaired) electrons. The summed E-state index contributed by atoms with van der Waals surface area (Å²) < 4.78 is 63.9. The zero-order chi connectivity index (χ0) is 14.8. The van der Waals surface area contributed by atoms with Crippen LogP contribution in [0.15, 0.2) is 39.9 Å². The van der Waals surface area contributed by atoms with Crippen molar-refractivity contribution in [3.63, 3.8) is 0 Å². The van der Waals surface area contributed by atoms with Gasteiger partial charge >= 0.3 is 6.18 Å². The third-order valence-corrected chi connectivity index (χ3v) is 3.74. The summed E-state index contributed by atoms with van der Waals surface area (Å²) in [6.07, 6.45) is -4.82. The van der Waals surface area contributed by atoms with Crippen LogP contribution in [0.5, 0.6) is 0 Å². The van der Waals surface area contributed by atoms with Crippen LogP contribution in [0.2, 0.25) is 0 Å². The van der Waals surface area contributed by atoms with Crippen LogP contribution in [0.25, 0.3) is 0 Å². The standard InChI is InChI=1S/C13H14F4OS/c1-8(2)11(13(15,16)17)12(14)19(18)10-6-4-9(3)5-7-10/h4-8H,1-3H3/b12-11+. The molecule has 0 fully saturated rings. The maximum Gasteiger partial charge on any atom is 0.416 e. The van der Waals surface area contributed by atoms with Crippen molar-refractivity contribution in [2.24, 2.45) is 5.92 Å². The van der Waals surface area contributed by atoms with Gasteiger partial charge in [-0.3, -0.25) is 0 Å². The summed E-state index contributed by atoms with van der Waals surface area (Å²) in [6.45, 7) is 4.21. The Morgan fingerprint density at radius 1 is 1.16 bits per heavy atom. The largest absolute Gasteiger partial charge is 0.416 e. The molecule has 0 aliphatic rings. The summed E-state index contributed by atoms with van der Waals surface area (Å²) in [6, 6.07) is 5.87. The molecule has 0 saturated carbocycles. The van der Waals surface area contributed by atoms with E-state index >= 15 is 0 Å². The van der Waals surface area contributed by atoms with Crippen LogP contribution < -0.4 is 0 Å². The number of hydrogen-bond acceptors (Lipinski definition) is 1. The summed E-state index contributed by atoms with van der Waals surface area (Å²) in [5.74, 6) is -1.09. The average Bonchev–Trinajstić information content (AvgIpc) is 2.26. The summed E-state index contributed by atoms with van der Waals surface area (Å²) in [5.41, 5.74) is -0.517. The Balaban J connectivity index is 3.26. The maximum absolute atomic E-state index is 13.9. The molecule has 0 spiro atoms. The quantitative estimate of drug-likeness (QED) is 0.750. The Kier molecular flexibility index (Phi) is 4.90. The van der Waals surface area contributed by atoms with Crippen molar-refractivity contribution in [3.05, 3.63) is 40.6 Å². The summed E-state index contributed by atoms with van der Waals surface area (Å²) in [5, 5.41) is -1.62. The average molecular weight is 294 g/mol. The van der Waals surface area contributed by atoms with Gasteiger partial charge in [-0.05, 0) is 25.0 Å². The molecule has 0 heterocycles. The zero-order valence-electron chi connectivity index (χ0n) is 10.7. The molecule has 0 amide bonds. The van der Waals surface area contributed by atoms with Crippen molar-refractivity contribution in [3.8, 4) is 0 Å². The van der Waals surface area contributed by atoms with E-state index in [1.807, 2.05) is 0 Å². The Morgan fingerprint density at radius 2 is 1.63 bits per heavy atom. The van der Waals surface area contributed by atoms with Crippen LogP contribution >= 0.6 is 0 Å². The first-order valence-corrected chi connectivity index (χ1v) is 6.75. The lowest BCUT2D eigenvalue weighted by molar-refractivity contribution is -0.0990. The summed E-state index contributed by atoms with van der Waals surface area (Å²) >= 11 is 0. The molecule has 1 nitrogen and oxygen atoms in total. The highest BCUT2D eigenvalue weighted by atomic mass is 32.2. The van der Waals surface area contributed by atoms with E-state index in [0.717, 1.165) is 5.56 Å². The van der Waals surface area contributed by atoms with Crippen LogP contribution in [0.1, 0.15) is 19.4 Å². The van der Waals surface area contributed by atoms with Crippen molar-refractivity contribution in [1.29, 1.82) is 0 Å². The minimum atomic E-state index is -4.82. The smallest absolute Gasteiger partial charge is 0.247 e. The first-order valence-electron chi connectivity index (χ1n) is 5.60. The second-order valence-corrected chi connectivity index (χ2v) is 5.79. The molecule has 0 bridgehead atoms. The zero-order valence-corrected chi connectivity index (χ0v) is 11.5. The van der Waals surface area contributed by atoms with Crippen molar-refractivity contribution >= 4 is 10.8 Å². The van der Waals surface area contributed by atoms with Gasteiger partial charge in [0.1, 0.15) is 10.8 Å². The lowest BCUT2D eigenvalue weighted by Gasteiger charge is -2.16. The number of alkyl halides is 3. The molecule has 0 aliphatic carbocycles. The fourth-order valence-electron chi connectivity index (χ4n) is 1.53. The number of allylic oxidation sites excluding steroid dienone is 1. The van der Waals surface area contributed by atoms with E-state index in [1.165, 1.54) is 26.0 Å². The molecular weight excluding hydrogens is 280 g/mol. The van der Waals surface area contributed by atoms with E-state index in [1.54, 1.807) is 19.1 Å². The number of hydrogen-bond donors (Lipinski definition) is 0. The third-order valence-electron chi connectivity index (χ3n) is 2.49. The van der Waals surface area contributed by atoms with Gasteiger partial charge in [0.2, 0.25) is 0 Å². The van der Waals surface area contributed by atoms with Crippen molar-refractivity contribution < 1.29 is 21.8 Å². The topological polar surface area (TPSA) is 17.1 Å². The molecule has 19 heavy (non-hydrogen) atoms. The Bertz CT molecular complexity index is 500. The highest BCUT2D eigenvalue weighted by Crippen LogP contribution is 2.36. The van der Waals surface area contributed by atoms with Crippen LogP contribution in [0, 0.1) is 12.8 Å². The second-order valence-electron chi connectivity index (χ2n) is 4.42. The van der Waals surface area contributed by atoms with Gasteiger partial charge in [-0.15, -0.1) is 0 Å². The first-order chi connectivity index (χ1) is 8.64. The van der Waals surface area contributed by atoms with Crippen LogP contribution in [0.3, 0.4) is 0 Å². The van der Waals surface area contributed by atoms with Gasteiger partial charge in [-0.2, -0.15) is 17.6 Å².